The van der Waals surface area contributed by atoms with Crippen LogP contribution in [0.5, 0.6) is 0 Å². The van der Waals surface area contributed by atoms with Gasteiger partial charge in [0, 0.05) is 24.1 Å². The molecule has 3 heterocycles. The second kappa shape index (κ2) is 6.60. The Bertz CT molecular complexity index is 884. The number of aryl methyl sites for hydroxylation is 1. The van der Waals surface area contributed by atoms with E-state index < -0.39 is 11.7 Å². The Hall–Kier alpha value is -2.61. The van der Waals surface area contributed by atoms with Gasteiger partial charge in [-0.3, -0.25) is 4.90 Å². The molecule has 136 valence electrons. The Balaban J connectivity index is 1.46. The molecule has 26 heavy (non-hydrogen) atoms. The van der Waals surface area contributed by atoms with Crippen molar-refractivity contribution in [3.63, 3.8) is 0 Å². The first-order chi connectivity index (χ1) is 12.5. The third kappa shape index (κ3) is 3.50. The van der Waals surface area contributed by atoms with Gasteiger partial charge in [0.1, 0.15) is 5.76 Å². The van der Waals surface area contributed by atoms with Crippen LogP contribution in [0.15, 0.2) is 45.5 Å². The standard InChI is InChI=1S/C18H16F3N3O2/c19-18(20,21)14-5-3-12(4-6-14)17-22-16(26-23-17)11-24-8-1-2-15-13(10-24)7-9-25-15/h3-7,9H,1-2,8,10-11H2. The molecule has 1 aromatic carbocycles. The summed E-state index contributed by atoms with van der Waals surface area (Å²) in [6.07, 6.45) is -0.789. The first kappa shape index (κ1) is 16.8. The number of furan rings is 1. The second-order valence-electron chi connectivity index (χ2n) is 6.27. The first-order valence-electron chi connectivity index (χ1n) is 8.27. The van der Waals surface area contributed by atoms with Crippen molar-refractivity contribution in [1.29, 1.82) is 0 Å². The van der Waals surface area contributed by atoms with Crippen molar-refractivity contribution in [2.75, 3.05) is 6.54 Å². The maximum absolute atomic E-state index is 12.6. The summed E-state index contributed by atoms with van der Waals surface area (Å²) < 4.78 is 48.7. The lowest BCUT2D eigenvalue weighted by Gasteiger charge is -2.16. The summed E-state index contributed by atoms with van der Waals surface area (Å²) in [4.78, 5) is 6.50. The van der Waals surface area contributed by atoms with Crippen LogP contribution in [-0.4, -0.2) is 21.6 Å². The molecular formula is C18H16F3N3O2. The molecule has 0 saturated carbocycles. The molecule has 4 rings (SSSR count). The van der Waals surface area contributed by atoms with Crippen molar-refractivity contribution < 1.29 is 22.1 Å². The summed E-state index contributed by atoms with van der Waals surface area (Å²) in [5.41, 5.74) is 0.941. The maximum atomic E-state index is 12.6. The van der Waals surface area contributed by atoms with E-state index >= 15 is 0 Å². The fourth-order valence-corrected chi connectivity index (χ4v) is 3.08. The lowest BCUT2D eigenvalue weighted by Crippen LogP contribution is -2.22. The van der Waals surface area contributed by atoms with Gasteiger partial charge in [0.15, 0.2) is 0 Å². The van der Waals surface area contributed by atoms with Crippen LogP contribution in [0.3, 0.4) is 0 Å². The van der Waals surface area contributed by atoms with Gasteiger partial charge in [-0.2, -0.15) is 18.2 Å². The quantitative estimate of drug-likeness (QED) is 0.695. The van der Waals surface area contributed by atoms with Crippen LogP contribution in [0.4, 0.5) is 13.2 Å². The third-order valence-corrected chi connectivity index (χ3v) is 4.41. The van der Waals surface area contributed by atoms with E-state index in [1.165, 1.54) is 12.1 Å². The average Bonchev–Trinajstić information content (AvgIpc) is 3.20. The number of alkyl halides is 3. The molecule has 0 fully saturated rings. The van der Waals surface area contributed by atoms with Gasteiger partial charge in [0.2, 0.25) is 11.7 Å². The Morgan fingerprint density at radius 2 is 1.92 bits per heavy atom. The predicted octanol–water partition coefficient (Wildman–Crippen LogP) is 4.30. The number of aromatic nitrogens is 2. The SMILES string of the molecule is FC(F)(F)c1ccc(-c2noc(CN3CCCc4occc4C3)n2)cc1. The van der Waals surface area contributed by atoms with E-state index in [-0.39, 0.29) is 5.82 Å². The van der Waals surface area contributed by atoms with Gasteiger partial charge in [0.25, 0.3) is 0 Å². The van der Waals surface area contributed by atoms with Crippen LogP contribution >= 0.6 is 0 Å². The highest BCUT2D eigenvalue weighted by molar-refractivity contribution is 5.54. The van der Waals surface area contributed by atoms with E-state index in [1.54, 1.807) is 6.26 Å². The van der Waals surface area contributed by atoms with E-state index in [4.69, 9.17) is 8.94 Å². The van der Waals surface area contributed by atoms with Crippen LogP contribution in [0.1, 0.15) is 29.2 Å². The van der Waals surface area contributed by atoms with Gasteiger partial charge in [-0.15, -0.1) is 0 Å². The largest absolute Gasteiger partial charge is 0.469 e. The fraction of sp³-hybridized carbons (Fsp3) is 0.333. The number of hydrogen-bond acceptors (Lipinski definition) is 5. The zero-order valence-corrected chi connectivity index (χ0v) is 13.8. The molecule has 0 N–H and O–H groups in total. The minimum Gasteiger partial charge on any atom is -0.469 e. The van der Waals surface area contributed by atoms with E-state index in [9.17, 15) is 13.2 Å². The van der Waals surface area contributed by atoms with Crippen molar-refractivity contribution in [3.05, 3.63) is 59.4 Å². The van der Waals surface area contributed by atoms with Crippen LogP contribution in [0.2, 0.25) is 0 Å². The topological polar surface area (TPSA) is 55.3 Å². The molecule has 5 nitrogen and oxygen atoms in total. The Morgan fingerprint density at radius 3 is 2.69 bits per heavy atom. The zero-order chi connectivity index (χ0) is 18.1. The predicted molar refractivity (Wildman–Crippen MR) is 85.9 cm³/mol. The van der Waals surface area contributed by atoms with Crippen LogP contribution in [0.25, 0.3) is 11.4 Å². The molecule has 1 aliphatic heterocycles. The number of benzene rings is 1. The van der Waals surface area contributed by atoms with Gasteiger partial charge in [-0.05, 0) is 31.2 Å². The summed E-state index contributed by atoms with van der Waals surface area (Å²) in [6.45, 7) is 2.10. The maximum Gasteiger partial charge on any atom is 0.416 e. The van der Waals surface area contributed by atoms with Gasteiger partial charge in [0.05, 0.1) is 18.4 Å². The molecule has 0 bridgehead atoms. The minimum atomic E-state index is -4.36. The lowest BCUT2D eigenvalue weighted by molar-refractivity contribution is -0.137. The van der Waals surface area contributed by atoms with E-state index in [0.29, 0.717) is 18.0 Å². The Kier molecular flexibility index (Phi) is 4.28. The summed E-state index contributed by atoms with van der Waals surface area (Å²) in [5, 5.41) is 3.89. The molecule has 0 radical (unpaired) electrons. The highest BCUT2D eigenvalue weighted by atomic mass is 19.4. The van der Waals surface area contributed by atoms with Crippen LogP contribution in [0, 0.1) is 0 Å². The smallest absolute Gasteiger partial charge is 0.416 e. The van der Waals surface area contributed by atoms with Crippen LogP contribution in [-0.2, 0) is 25.7 Å². The van der Waals surface area contributed by atoms with Crippen molar-refractivity contribution in [2.24, 2.45) is 0 Å². The van der Waals surface area contributed by atoms with Crippen LogP contribution < -0.4 is 0 Å². The van der Waals surface area contributed by atoms with Crippen molar-refractivity contribution in [2.45, 2.75) is 32.1 Å². The number of rotatable bonds is 3. The molecule has 0 amide bonds. The van der Waals surface area contributed by atoms with Crippen molar-refractivity contribution >= 4 is 0 Å². The number of nitrogens with zero attached hydrogens (tertiary/aromatic N) is 3. The number of fused-ring (bicyclic) bond motifs is 1. The highest BCUT2D eigenvalue weighted by Gasteiger charge is 2.30. The lowest BCUT2D eigenvalue weighted by atomic mass is 10.1. The summed E-state index contributed by atoms with van der Waals surface area (Å²) in [6, 6.07) is 6.69. The molecule has 1 aliphatic rings. The summed E-state index contributed by atoms with van der Waals surface area (Å²) >= 11 is 0. The van der Waals surface area contributed by atoms with Gasteiger partial charge >= 0.3 is 6.18 Å². The van der Waals surface area contributed by atoms with Gasteiger partial charge in [-0.25, -0.2) is 0 Å². The van der Waals surface area contributed by atoms with E-state index in [2.05, 4.69) is 15.0 Å². The minimum absolute atomic E-state index is 0.285. The molecular weight excluding hydrogens is 347 g/mol. The highest BCUT2D eigenvalue weighted by Crippen LogP contribution is 2.30. The Labute approximate surface area is 147 Å². The van der Waals surface area contributed by atoms with E-state index in [0.717, 1.165) is 49.4 Å². The first-order valence-corrected chi connectivity index (χ1v) is 8.27. The summed E-state index contributed by atoms with van der Waals surface area (Å²) in [5.74, 6) is 1.74. The van der Waals surface area contributed by atoms with Gasteiger partial charge < -0.3 is 8.94 Å². The molecule has 8 heteroatoms. The molecule has 0 unspecified atom stereocenters. The molecule has 0 atom stereocenters. The van der Waals surface area contributed by atoms with Crippen molar-refractivity contribution in [3.8, 4) is 11.4 Å². The van der Waals surface area contributed by atoms with Crippen molar-refractivity contribution in [1.82, 2.24) is 15.0 Å². The number of halogens is 3. The zero-order valence-electron chi connectivity index (χ0n) is 13.8. The second-order valence-corrected chi connectivity index (χ2v) is 6.27. The summed E-state index contributed by atoms with van der Waals surface area (Å²) in [7, 11) is 0. The average molecular weight is 363 g/mol. The Morgan fingerprint density at radius 1 is 1.12 bits per heavy atom. The molecule has 3 aromatic rings. The molecule has 0 saturated heterocycles. The monoisotopic (exact) mass is 363 g/mol. The number of hydrogen-bond donors (Lipinski definition) is 0. The fourth-order valence-electron chi connectivity index (χ4n) is 3.08. The molecule has 2 aromatic heterocycles. The van der Waals surface area contributed by atoms with Gasteiger partial charge in [-0.1, -0.05) is 17.3 Å². The van der Waals surface area contributed by atoms with E-state index in [1.807, 2.05) is 6.07 Å². The molecule has 0 spiro atoms. The third-order valence-electron chi connectivity index (χ3n) is 4.41. The molecule has 0 aliphatic carbocycles. The normalized spacial score (nSPS) is 15.7.